The topological polar surface area (TPSA) is 27.7 Å². The Kier molecular flexibility index (Phi) is 7.36. The van der Waals surface area contributed by atoms with Gasteiger partial charge in [-0.1, -0.05) is 18.2 Å². The van der Waals surface area contributed by atoms with Crippen molar-refractivity contribution in [3.05, 3.63) is 122 Å². The van der Waals surface area contributed by atoms with E-state index in [9.17, 15) is 0 Å². The molecule has 0 bridgehead atoms. The van der Waals surface area contributed by atoms with Crippen LogP contribution in [0.4, 0.5) is 0 Å². The van der Waals surface area contributed by atoms with Crippen LogP contribution in [0.15, 0.2) is 88.9 Å². The van der Waals surface area contributed by atoms with E-state index in [1.807, 2.05) is 0 Å². The SMILES string of the molecule is COc1cc2c(cc1-c1cccs1)Cc1cc(OC)c(-c3cccs3)cc1Cc1cc(OC)c(-c3cccs3)cc1C2. The fourth-order valence-electron chi connectivity index (χ4n) is 5.98. The number of hydrogen-bond donors (Lipinski definition) is 0. The van der Waals surface area contributed by atoms with Crippen LogP contribution in [-0.2, 0) is 19.3 Å². The first-order valence-corrected chi connectivity index (χ1v) is 16.5. The Balaban J connectivity index is 1.48. The fraction of sp³-hybridized carbons (Fsp3) is 0.167. The molecule has 0 unspecified atom stereocenters. The minimum absolute atomic E-state index is 0.816. The van der Waals surface area contributed by atoms with Crippen molar-refractivity contribution < 1.29 is 14.2 Å². The van der Waals surface area contributed by atoms with E-state index in [-0.39, 0.29) is 0 Å². The molecule has 0 aliphatic heterocycles. The monoisotopic (exact) mass is 606 g/mol. The molecular weight excluding hydrogens is 577 g/mol. The lowest BCUT2D eigenvalue weighted by Gasteiger charge is -2.17. The van der Waals surface area contributed by atoms with E-state index in [1.54, 1.807) is 55.3 Å². The Labute approximate surface area is 258 Å². The quantitative estimate of drug-likeness (QED) is 0.189. The van der Waals surface area contributed by atoms with Crippen LogP contribution in [0.2, 0.25) is 0 Å². The maximum atomic E-state index is 5.98. The van der Waals surface area contributed by atoms with E-state index >= 15 is 0 Å². The molecule has 0 radical (unpaired) electrons. The van der Waals surface area contributed by atoms with Crippen molar-refractivity contribution in [1.29, 1.82) is 0 Å². The molecule has 1 aliphatic rings. The molecule has 6 aromatic rings. The molecule has 0 saturated carbocycles. The smallest absolute Gasteiger partial charge is 0.127 e. The first kappa shape index (κ1) is 27.0. The van der Waals surface area contributed by atoms with Crippen LogP contribution in [0, 0.1) is 0 Å². The van der Waals surface area contributed by atoms with Crippen LogP contribution in [0.25, 0.3) is 31.3 Å². The Bertz CT molecular complexity index is 1630. The molecule has 3 heterocycles. The molecule has 0 amide bonds. The highest BCUT2D eigenvalue weighted by Gasteiger charge is 2.23. The molecule has 6 heteroatoms. The standard InChI is InChI=1S/C36H30O3S3/c1-37-31-19-25-13-23-17-29(35-8-5-11-41-35)33(39-3)21-27(23)15-24-18-30(36-9-6-12-42-36)32(38-2)20-26(24)14-22(25)16-28(31)34-7-4-10-40-34/h4-12,16-21H,13-15H2,1-3H3. The largest absolute Gasteiger partial charge is 0.496 e. The third-order valence-corrected chi connectivity index (χ3v) is 10.8. The lowest BCUT2D eigenvalue weighted by Crippen LogP contribution is -2.01. The number of benzene rings is 3. The number of ether oxygens (including phenoxy) is 3. The Morgan fingerprint density at radius 3 is 0.952 bits per heavy atom. The van der Waals surface area contributed by atoms with Crippen molar-refractivity contribution in [3.8, 4) is 48.6 Å². The first-order valence-electron chi connectivity index (χ1n) is 13.9. The lowest BCUT2D eigenvalue weighted by atomic mass is 9.91. The Morgan fingerprint density at radius 1 is 0.429 bits per heavy atom. The van der Waals surface area contributed by atoms with E-state index in [0.29, 0.717) is 0 Å². The normalized spacial score (nSPS) is 12.4. The van der Waals surface area contributed by atoms with Gasteiger partial charge in [-0.15, -0.1) is 34.0 Å². The van der Waals surface area contributed by atoms with Gasteiger partial charge in [0.05, 0.1) is 21.3 Å². The van der Waals surface area contributed by atoms with Crippen molar-refractivity contribution in [2.45, 2.75) is 19.3 Å². The van der Waals surface area contributed by atoms with E-state index in [2.05, 4.69) is 88.9 Å². The second-order valence-electron chi connectivity index (χ2n) is 10.4. The predicted molar refractivity (Wildman–Crippen MR) is 177 cm³/mol. The molecule has 0 fully saturated rings. The Hall–Kier alpha value is -3.84. The molecule has 0 saturated heterocycles. The van der Waals surface area contributed by atoms with Gasteiger partial charge in [0, 0.05) is 31.3 Å². The summed E-state index contributed by atoms with van der Waals surface area (Å²) in [7, 11) is 5.32. The van der Waals surface area contributed by atoms with Gasteiger partial charge in [0.1, 0.15) is 17.2 Å². The van der Waals surface area contributed by atoms with Crippen LogP contribution in [-0.4, -0.2) is 21.3 Å². The highest BCUT2D eigenvalue weighted by molar-refractivity contribution is 7.14. The summed E-state index contributed by atoms with van der Waals surface area (Å²) in [5.74, 6) is 2.74. The van der Waals surface area contributed by atoms with Crippen molar-refractivity contribution in [1.82, 2.24) is 0 Å². The van der Waals surface area contributed by atoms with Crippen LogP contribution in [0.1, 0.15) is 33.4 Å². The highest BCUT2D eigenvalue weighted by Crippen LogP contribution is 2.43. The lowest BCUT2D eigenvalue weighted by molar-refractivity contribution is 0.415. The van der Waals surface area contributed by atoms with Crippen LogP contribution in [0.5, 0.6) is 17.2 Å². The molecule has 0 N–H and O–H groups in total. The summed E-state index contributed by atoms with van der Waals surface area (Å²) in [5.41, 5.74) is 11.2. The molecule has 3 nitrogen and oxygen atoms in total. The maximum absolute atomic E-state index is 5.98. The van der Waals surface area contributed by atoms with Gasteiger partial charge in [-0.2, -0.15) is 0 Å². The van der Waals surface area contributed by atoms with Crippen LogP contribution < -0.4 is 14.2 Å². The zero-order chi connectivity index (χ0) is 28.6. The van der Waals surface area contributed by atoms with E-state index in [0.717, 1.165) is 53.2 Å². The summed E-state index contributed by atoms with van der Waals surface area (Å²) in [6.07, 6.45) is 2.45. The molecule has 7 rings (SSSR count). The van der Waals surface area contributed by atoms with Crippen molar-refractivity contribution in [2.24, 2.45) is 0 Å². The van der Waals surface area contributed by atoms with Crippen molar-refractivity contribution >= 4 is 34.0 Å². The molecule has 42 heavy (non-hydrogen) atoms. The third kappa shape index (κ3) is 4.94. The summed E-state index contributed by atoms with van der Waals surface area (Å²) in [6.45, 7) is 0. The number of hydrogen-bond acceptors (Lipinski definition) is 6. The van der Waals surface area contributed by atoms with Crippen LogP contribution >= 0.6 is 34.0 Å². The molecule has 0 spiro atoms. The van der Waals surface area contributed by atoms with E-state index < -0.39 is 0 Å². The molecule has 3 aromatic carbocycles. The minimum Gasteiger partial charge on any atom is -0.496 e. The maximum Gasteiger partial charge on any atom is 0.127 e. The molecule has 0 atom stereocenters. The van der Waals surface area contributed by atoms with Gasteiger partial charge < -0.3 is 14.2 Å². The predicted octanol–water partition coefficient (Wildman–Crippen LogP) is 9.98. The average Bonchev–Trinajstić information content (AvgIpc) is 3.82. The first-order chi connectivity index (χ1) is 20.6. The summed E-state index contributed by atoms with van der Waals surface area (Å²) >= 11 is 5.23. The molecule has 3 aromatic heterocycles. The van der Waals surface area contributed by atoms with Gasteiger partial charge >= 0.3 is 0 Å². The van der Waals surface area contributed by atoms with Crippen LogP contribution in [0.3, 0.4) is 0 Å². The fourth-order valence-corrected chi connectivity index (χ4v) is 8.23. The van der Waals surface area contributed by atoms with Gasteiger partial charge in [0.2, 0.25) is 0 Å². The third-order valence-electron chi connectivity index (χ3n) is 8.07. The molecule has 1 aliphatic carbocycles. The van der Waals surface area contributed by atoms with Crippen molar-refractivity contribution in [2.75, 3.05) is 21.3 Å². The second kappa shape index (κ2) is 11.4. The van der Waals surface area contributed by atoms with Gasteiger partial charge in [-0.05, 0) is 123 Å². The second-order valence-corrected chi connectivity index (χ2v) is 13.3. The average molecular weight is 607 g/mol. The number of methoxy groups -OCH3 is 3. The number of thiophene rings is 3. The minimum atomic E-state index is 0.816. The van der Waals surface area contributed by atoms with E-state index in [4.69, 9.17) is 14.2 Å². The summed E-state index contributed by atoms with van der Waals surface area (Å²) in [5, 5.41) is 6.37. The van der Waals surface area contributed by atoms with E-state index in [1.165, 1.54) is 48.0 Å². The van der Waals surface area contributed by atoms with Gasteiger partial charge in [-0.3, -0.25) is 0 Å². The summed E-state index contributed by atoms with van der Waals surface area (Å²) in [4.78, 5) is 3.64. The summed E-state index contributed by atoms with van der Waals surface area (Å²) < 4.78 is 17.9. The van der Waals surface area contributed by atoms with Gasteiger partial charge in [0.25, 0.3) is 0 Å². The van der Waals surface area contributed by atoms with Gasteiger partial charge in [-0.25, -0.2) is 0 Å². The number of rotatable bonds is 6. The highest BCUT2D eigenvalue weighted by atomic mass is 32.1. The molecule has 210 valence electrons. The summed E-state index contributed by atoms with van der Waals surface area (Å²) in [6, 6.07) is 26.6. The van der Waals surface area contributed by atoms with Gasteiger partial charge in [0.15, 0.2) is 0 Å². The number of fused-ring (bicyclic) bond motifs is 3. The molecular formula is C36H30O3S3. The zero-order valence-corrected chi connectivity index (χ0v) is 26.2. The van der Waals surface area contributed by atoms with Crippen molar-refractivity contribution in [3.63, 3.8) is 0 Å². The Morgan fingerprint density at radius 2 is 0.714 bits per heavy atom. The zero-order valence-electron chi connectivity index (χ0n) is 23.7.